The molecular weight excluding hydrogens is 280 g/mol. The van der Waals surface area contributed by atoms with Crippen LogP contribution in [0.3, 0.4) is 0 Å². The van der Waals surface area contributed by atoms with E-state index in [1.807, 2.05) is 0 Å². The molecule has 2 N–H and O–H groups in total. The van der Waals surface area contributed by atoms with Gasteiger partial charge in [0.1, 0.15) is 17.9 Å². The number of H-pyrrole nitrogens is 1. The zero-order valence-electron chi connectivity index (χ0n) is 11.0. The lowest BCUT2D eigenvalue weighted by Crippen LogP contribution is -2.37. The molecule has 20 heavy (non-hydrogen) atoms. The van der Waals surface area contributed by atoms with Crippen molar-refractivity contribution in [2.75, 3.05) is 6.54 Å². The highest BCUT2D eigenvalue weighted by molar-refractivity contribution is 6.32. The number of hydrogen-bond donors (Lipinski definition) is 2. The number of halogens is 1. The monoisotopic (exact) mass is 294 g/mol. The first-order valence-electron chi connectivity index (χ1n) is 6.20. The molecule has 1 aromatic heterocycles. The summed E-state index contributed by atoms with van der Waals surface area (Å²) in [6.45, 7) is 2.14. The fraction of sp³-hybridized carbons (Fsp3) is 0.308. The first-order chi connectivity index (χ1) is 9.66. The first-order valence-corrected chi connectivity index (χ1v) is 6.57. The van der Waals surface area contributed by atoms with Crippen LogP contribution in [0.4, 0.5) is 0 Å². The molecule has 0 radical (unpaired) electrons. The minimum absolute atomic E-state index is 0.204. The van der Waals surface area contributed by atoms with Crippen LogP contribution in [-0.2, 0) is 11.2 Å². The Morgan fingerprint density at radius 1 is 1.50 bits per heavy atom. The third-order valence-electron chi connectivity index (χ3n) is 2.64. The largest absolute Gasteiger partial charge is 0.479 e. The molecule has 1 amide bonds. The maximum atomic E-state index is 11.9. The molecule has 0 aliphatic carbocycles. The van der Waals surface area contributed by atoms with Gasteiger partial charge in [0.15, 0.2) is 6.10 Å². The molecule has 0 aliphatic rings. The second kappa shape index (κ2) is 6.91. The van der Waals surface area contributed by atoms with Crippen molar-refractivity contribution >= 4 is 17.5 Å². The quantitative estimate of drug-likeness (QED) is 0.848. The van der Waals surface area contributed by atoms with E-state index in [1.54, 1.807) is 31.2 Å². The van der Waals surface area contributed by atoms with Gasteiger partial charge in [-0.3, -0.25) is 9.89 Å². The average Bonchev–Trinajstić information content (AvgIpc) is 2.94. The third kappa shape index (κ3) is 3.96. The number of para-hydroxylation sites is 1. The number of ether oxygens (including phenoxy) is 1. The predicted octanol–water partition coefficient (Wildman–Crippen LogP) is 1.58. The highest BCUT2D eigenvalue weighted by atomic mass is 35.5. The fourth-order valence-electron chi connectivity index (χ4n) is 1.58. The van der Waals surface area contributed by atoms with E-state index in [2.05, 4.69) is 20.5 Å². The van der Waals surface area contributed by atoms with Gasteiger partial charge in [-0.05, 0) is 19.1 Å². The second-order valence-corrected chi connectivity index (χ2v) is 4.57. The summed E-state index contributed by atoms with van der Waals surface area (Å²) in [7, 11) is 0. The zero-order valence-corrected chi connectivity index (χ0v) is 11.7. The second-order valence-electron chi connectivity index (χ2n) is 4.16. The van der Waals surface area contributed by atoms with Gasteiger partial charge in [0, 0.05) is 13.0 Å². The Hall–Kier alpha value is -2.08. The Balaban J connectivity index is 1.79. The summed E-state index contributed by atoms with van der Waals surface area (Å²) in [5, 5.41) is 9.70. The minimum Gasteiger partial charge on any atom is -0.479 e. The lowest BCUT2D eigenvalue weighted by atomic mass is 10.3. The summed E-state index contributed by atoms with van der Waals surface area (Å²) >= 11 is 5.97. The number of amides is 1. The maximum absolute atomic E-state index is 11.9. The minimum atomic E-state index is -0.621. The summed E-state index contributed by atoms with van der Waals surface area (Å²) in [6, 6.07) is 7.04. The SMILES string of the molecule is CC(Oc1ccccc1Cl)C(=O)NCCc1ncn[nH]1. The lowest BCUT2D eigenvalue weighted by molar-refractivity contribution is -0.127. The summed E-state index contributed by atoms with van der Waals surface area (Å²) < 4.78 is 5.51. The molecule has 0 aliphatic heterocycles. The molecule has 1 unspecified atom stereocenters. The molecule has 6 nitrogen and oxygen atoms in total. The van der Waals surface area contributed by atoms with Crippen molar-refractivity contribution in [2.24, 2.45) is 0 Å². The summed E-state index contributed by atoms with van der Waals surface area (Å²) in [4.78, 5) is 15.8. The molecule has 0 bridgehead atoms. The van der Waals surface area contributed by atoms with Crippen LogP contribution in [0.5, 0.6) is 5.75 Å². The van der Waals surface area contributed by atoms with Gasteiger partial charge in [-0.15, -0.1) is 0 Å². The molecule has 2 rings (SSSR count). The van der Waals surface area contributed by atoms with E-state index < -0.39 is 6.10 Å². The van der Waals surface area contributed by atoms with Crippen molar-refractivity contribution in [3.8, 4) is 5.75 Å². The van der Waals surface area contributed by atoms with Gasteiger partial charge in [0.25, 0.3) is 5.91 Å². The van der Waals surface area contributed by atoms with Crippen molar-refractivity contribution in [1.29, 1.82) is 0 Å². The Labute approximate surface area is 121 Å². The Bertz CT molecular complexity index is 559. The zero-order chi connectivity index (χ0) is 14.4. The maximum Gasteiger partial charge on any atom is 0.260 e. The Morgan fingerprint density at radius 3 is 3.00 bits per heavy atom. The Kier molecular flexibility index (Phi) is 4.95. The predicted molar refractivity (Wildman–Crippen MR) is 74.6 cm³/mol. The lowest BCUT2D eigenvalue weighted by Gasteiger charge is -2.15. The molecule has 0 saturated heterocycles. The normalized spacial score (nSPS) is 11.9. The summed E-state index contributed by atoms with van der Waals surface area (Å²) in [5.41, 5.74) is 0. The fourth-order valence-corrected chi connectivity index (χ4v) is 1.76. The van der Waals surface area contributed by atoms with Crippen LogP contribution in [0.25, 0.3) is 0 Å². The van der Waals surface area contributed by atoms with Gasteiger partial charge >= 0.3 is 0 Å². The van der Waals surface area contributed by atoms with Crippen LogP contribution in [0.1, 0.15) is 12.7 Å². The number of hydrogen-bond acceptors (Lipinski definition) is 4. The van der Waals surface area contributed by atoms with E-state index in [1.165, 1.54) is 6.33 Å². The van der Waals surface area contributed by atoms with E-state index in [4.69, 9.17) is 16.3 Å². The van der Waals surface area contributed by atoms with Crippen LogP contribution in [0.15, 0.2) is 30.6 Å². The highest BCUT2D eigenvalue weighted by Gasteiger charge is 2.15. The van der Waals surface area contributed by atoms with Crippen molar-refractivity contribution in [1.82, 2.24) is 20.5 Å². The number of aromatic amines is 1. The van der Waals surface area contributed by atoms with E-state index >= 15 is 0 Å². The van der Waals surface area contributed by atoms with E-state index in [9.17, 15) is 4.79 Å². The number of aromatic nitrogens is 3. The van der Waals surface area contributed by atoms with Crippen LogP contribution in [-0.4, -0.2) is 33.7 Å². The molecular formula is C13H15ClN4O2. The van der Waals surface area contributed by atoms with Crippen LogP contribution in [0.2, 0.25) is 5.02 Å². The molecule has 106 valence electrons. The van der Waals surface area contributed by atoms with Gasteiger partial charge in [0.2, 0.25) is 0 Å². The van der Waals surface area contributed by atoms with Crippen molar-refractivity contribution < 1.29 is 9.53 Å². The smallest absolute Gasteiger partial charge is 0.260 e. The number of nitrogens with one attached hydrogen (secondary N) is 2. The van der Waals surface area contributed by atoms with E-state index in [0.717, 1.165) is 5.82 Å². The number of carbonyl (C=O) groups is 1. The van der Waals surface area contributed by atoms with Gasteiger partial charge < -0.3 is 10.1 Å². The topological polar surface area (TPSA) is 79.9 Å². The molecule has 1 aromatic carbocycles. The number of rotatable bonds is 6. The van der Waals surface area contributed by atoms with Crippen molar-refractivity contribution in [2.45, 2.75) is 19.4 Å². The number of benzene rings is 1. The van der Waals surface area contributed by atoms with Crippen LogP contribution in [0, 0.1) is 0 Å². The molecule has 7 heteroatoms. The molecule has 2 aromatic rings. The van der Waals surface area contributed by atoms with Crippen LogP contribution >= 0.6 is 11.6 Å². The van der Waals surface area contributed by atoms with Gasteiger partial charge in [-0.25, -0.2) is 4.98 Å². The molecule has 1 heterocycles. The van der Waals surface area contributed by atoms with Gasteiger partial charge in [-0.2, -0.15) is 5.10 Å². The molecule has 0 spiro atoms. The summed E-state index contributed by atoms with van der Waals surface area (Å²) in [6.07, 6.45) is 1.40. The molecule has 0 fully saturated rings. The first kappa shape index (κ1) is 14.3. The van der Waals surface area contributed by atoms with Crippen molar-refractivity contribution in [3.63, 3.8) is 0 Å². The highest BCUT2D eigenvalue weighted by Crippen LogP contribution is 2.24. The third-order valence-corrected chi connectivity index (χ3v) is 2.95. The number of carbonyl (C=O) groups excluding carboxylic acids is 1. The van der Waals surface area contributed by atoms with E-state index in [-0.39, 0.29) is 5.91 Å². The average molecular weight is 295 g/mol. The standard InChI is InChI=1S/C13H15ClN4O2/c1-9(20-11-5-3-2-4-10(11)14)13(19)15-7-6-12-16-8-17-18-12/h2-5,8-9H,6-7H2,1H3,(H,15,19)(H,16,17,18). The van der Waals surface area contributed by atoms with Crippen LogP contribution < -0.4 is 10.1 Å². The molecule has 1 atom stereocenters. The number of nitrogens with zero attached hydrogens (tertiary/aromatic N) is 2. The van der Waals surface area contributed by atoms with E-state index in [0.29, 0.717) is 23.7 Å². The van der Waals surface area contributed by atoms with Gasteiger partial charge in [0.05, 0.1) is 5.02 Å². The summed E-state index contributed by atoms with van der Waals surface area (Å²) in [5.74, 6) is 1.02. The molecule has 0 saturated carbocycles. The van der Waals surface area contributed by atoms with Gasteiger partial charge in [-0.1, -0.05) is 23.7 Å². The van der Waals surface area contributed by atoms with Crippen molar-refractivity contribution in [3.05, 3.63) is 41.4 Å². The Morgan fingerprint density at radius 2 is 2.30 bits per heavy atom.